The summed E-state index contributed by atoms with van der Waals surface area (Å²) in [4.78, 5) is 33.0. The van der Waals surface area contributed by atoms with Crippen LogP contribution in [0.1, 0.15) is 24.8 Å². The van der Waals surface area contributed by atoms with Gasteiger partial charge in [0.05, 0.1) is 6.20 Å². The molecule has 1 aromatic heterocycles. The summed E-state index contributed by atoms with van der Waals surface area (Å²) in [7, 11) is 1.74. The Morgan fingerprint density at radius 2 is 2.14 bits per heavy atom. The number of carboxylic acid groups (broad SMARTS) is 2. The maximum absolute atomic E-state index is 11.6. The summed E-state index contributed by atoms with van der Waals surface area (Å²) in [6, 6.07) is -1.10. The highest BCUT2D eigenvalue weighted by Gasteiger charge is 2.18. The molecule has 0 unspecified atom stereocenters. The Labute approximate surface area is 121 Å². The molecular formula is C13H17N3O5. The van der Waals surface area contributed by atoms with Gasteiger partial charge in [-0.15, -0.1) is 0 Å². The molecule has 3 N–H and O–H groups in total. The number of nitrogens with zero attached hydrogens (tertiary/aromatic N) is 2. The van der Waals surface area contributed by atoms with E-state index in [1.54, 1.807) is 24.1 Å². The minimum atomic E-state index is -1.19. The van der Waals surface area contributed by atoms with E-state index in [1.165, 1.54) is 12.2 Å². The van der Waals surface area contributed by atoms with Crippen molar-refractivity contribution in [2.45, 2.75) is 25.3 Å². The summed E-state index contributed by atoms with van der Waals surface area (Å²) >= 11 is 0. The minimum absolute atomic E-state index is 0.0636. The van der Waals surface area contributed by atoms with E-state index < -0.39 is 23.9 Å². The van der Waals surface area contributed by atoms with Crippen LogP contribution < -0.4 is 5.32 Å². The van der Waals surface area contributed by atoms with Gasteiger partial charge >= 0.3 is 11.9 Å². The fraction of sp³-hybridized carbons (Fsp3) is 0.385. The normalized spacial score (nSPS) is 12.2. The lowest BCUT2D eigenvalue weighted by molar-refractivity contribution is -0.142. The first-order valence-corrected chi connectivity index (χ1v) is 6.30. The van der Waals surface area contributed by atoms with Crippen LogP contribution in [0, 0.1) is 0 Å². The van der Waals surface area contributed by atoms with E-state index in [2.05, 4.69) is 10.4 Å². The number of carboxylic acids is 2. The predicted molar refractivity (Wildman–Crippen MR) is 73.3 cm³/mol. The van der Waals surface area contributed by atoms with Gasteiger partial charge in [0.25, 0.3) is 0 Å². The third-order valence-corrected chi connectivity index (χ3v) is 2.65. The van der Waals surface area contributed by atoms with Gasteiger partial charge in [-0.3, -0.25) is 14.3 Å². The highest BCUT2D eigenvalue weighted by atomic mass is 16.4. The molecule has 0 saturated heterocycles. The number of nitrogens with one attached hydrogen (secondary N) is 1. The van der Waals surface area contributed by atoms with Crippen LogP contribution in [0.25, 0.3) is 6.08 Å². The van der Waals surface area contributed by atoms with E-state index in [1.807, 2.05) is 0 Å². The van der Waals surface area contributed by atoms with E-state index in [4.69, 9.17) is 10.2 Å². The van der Waals surface area contributed by atoms with E-state index in [0.717, 1.165) is 0 Å². The first-order valence-electron chi connectivity index (χ1n) is 6.30. The van der Waals surface area contributed by atoms with Gasteiger partial charge in [0.1, 0.15) is 6.04 Å². The summed E-state index contributed by atoms with van der Waals surface area (Å²) in [6.45, 7) is 0. The molecule has 8 heteroatoms. The molecule has 0 radical (unpaired) electrons. The highest BCUT2D eigenvalue weighted by Crippen LogP contribution is 2.03. The topological polar surface area (TPSA) is 122 Å². The standard InChI is InChI=1S/C13H17N3O5/c1-16-8-9(7-14-16)5-6-11(17)15-10(13(20)21)3-2-4-12(18)19/h5-8,10H,2-4H2,1H3,(H,15,17)(H,18,19)(H,20,21)/b6-5+/t10-/m1/s1. The molecule has 1 atom stereocenters. The smallest absolute Gasteiger partial charge is 0.326 e. The molecule has 21 heavy (non-hydrogen) atoms. The molecule has 0 bridgehead atoms. The number of aryl methyl sites for hydroxylation is 1. The summed E-state index contributed by atoms with van der Waals surface area (Å²) in [5.41, 5.74) is 0.713. The number of hydrogen-bond donors (Lipinski definition) is 3. The molecular weight excluding hydrogens is 278 g/mol. The first-order chi connectivity index (χ1) is 9.88. The summed E-state index contributed by atoms with van der Waals surface area (Å²) in [5, 5.41) is 23.7. The molecule has 0 aromatic carbocycles. The molecule has 0 aliphatic rings. The fourth-order valence-corrected chi connectivity index (χ4v) is 1.63. The number of carbonyl (C=O) groups excluding carboxylic acids is 1. The molecule has 0 aliphatic carbocycles. The Balaban J connectivity index is 2.50. The second-order valence-corrected chi connectivity index (χ2v) is 4.47. The summed E-state index contributed by atoms with van der Waals surface area (Å²) in [5.74, 6) is -2.74. The van der Waals surface area contributed by atoms with Crippen molar-refractivity contribution in [2.75, 3.05) is 0 Å². The van der Waals surface area contributed by atoms with E-state index in [0.29, 0.717) is 5.56 Å². The summed E-state index contributed by atoms with van der Waals surface area (Å²) < 4.78 is 1.57. The lowest BCUT2D eigenvalue weighted by Gasteiger charge is -2.12. The van der Waals surface area contributed by atoms with Crippen molar-refractivity contribution >= 4 is 23.9 Å². The van der Waals surface area contributed by atoms with Crippen molar-refractivity contribution < 1.29 is 24.6 Å². The lowest BCUT2D eigenvalue weighted by Crippen LogP contribution is -2.40. The Hall–Kier alpha value is -2.64. The highest BCUT2D eigenvalue weighted by molar-refractivity contribution is 5.94. The van der Waals surface area contributed by atoms with Crippen LogP contribution in [0.3, 0.4) is 0 Å². The van der Waals surface area contributed by atoms with E-state index in [-0.39, 0.29) is 19.3 Å². The average Bonchev–Trinajstić information content (AvgIpc) is 2.80. The third kappa shape index (κ3) is 6.37. The maximum atomic E-state index is 11.6. The second-order valence-electron chi connectivity index (χ2n) is 4.47. The molecule has 1 amide bonds. The average molecular weight is 295 g/mol. The van der Waals surface area contributed by atoms with Crippen molar-refractivity contribution in [3.8, 4) is 0 Å². The van der Waals surface area contributed by atoms with Crippen molar-refractivity contribution in [3.63, 3.8) is 0 Å². The van der Waals surface area contributed by atoms with Crippen molar-refractivity contribution in [2.24, 2.45) is 7.05 Å². The van der Waals surface area contributed by atoms with Gasteiger partial charge in [-0.25, -0.2) is 4.79 Å². The number of amides is 1. The van der Waals surface area contributed by atoms with Gasteiger partial charge < -0.3 is 15.5 Å². The van der Waals surface area contributed by atoms with Crippen LogP contribution in [0.15, 0.2) is 18.5 Å². The van der Waals surface area contributed by atoms with Crippen LogP contribution >= 0.6 is 0 Å². The fourth-order valence-electron chi connectivity index (χ4n) is 1.63. The van der Waals surface area contributed by atoms with Gasteiger partial charge in [0, 0.05) is 31.3 Å². The van der Waals surface area contributed by atoms with Gasteiger partial charge in [0.15, 0.2) is 0 Å². The number of carbonyl (C=O) groups is 3. The van der Waals surface area contributed by atoms with Crippen LogP contribution in [0.2, 0.25) is 0 Å². The maximum Gasteiger partial charge on any atom is 0.326 e. The molecule has 1 rings (SSSR count). The molecule has 0 aliphatic heterocycles. The molecule has 0 saturated carbocycles. The third-order valence-electron chi connectivity index (χ3n) is 2.65. The molecule has 1 aromatic rings. The Morgan fingerprint density at radius 3 is 2.67 bits per heavy atom. The second kappa shape index (κ2) is 7.83. The number of aliphatic carboxylic acids is 2. The minimum Gasteiger partial charge on any atom is -0.481 e. The Bertz CT molecular complexity index is 550. The SMILES string of the molecule is Cn1cc(/C=C/C(=O)N[C@H](CCCC(=O)O)C(=O)O)cn1. The van der Waals surface area contributed by atoms with Crippen LogP contribution in [0.5, 0.6) is 0 Å². The zero-order chi connectivity index (χ0) is 15.8. The largest absolute Gasteiger partial charge is 0.481 e. The van der Waals surface area contributed by atoms with Crippen LogP contribution in [0.4, 0.5) is 0 Å². The predicted octanol–water partition coefficient (Wildman–Crippen LogP) is 0.258. The molecule has 1 heterocycles. The molecule has 0 fully saturated rings. The first kappa shape index (κ1) is 16.4. The monoisotopic (exact) mass is 295 g/mol. The van der Waals surface area contributed by atoms with Gasteiger partial charge in [0.2, 0.25) is 5.91 Å². The molecule has 114 valence electrons. The molecule has 8 nitrogen and oxygen atoms in total. The van der Waals surface area contributed by atoms with Crippen molar-refractivity contribution in [3.05, 3.63) is 24.0 Å². The zero-order valence-electron chi connectivity index (χ0n) is 11.5. The molecule has 0 spiro atoms. The number of rotatable bonds is 8. The van der Waals surface area contributed by atoms with Gasteiger partial charge in [-0.2, -0.15) is 5.10 Å². The van der Waals surface area contributed by atoms with E-state index >= 15 is 0 Å². The number of aromatic nitrogens is 2. The zero-order valence-corrected chi connectivity index (χ0v) is 11.5. The lowest BCUT2D eigenvalue weighted by atomic mass is 10.1. The Morgan fingerprint density at radius 1 is 1.43 bits per heavy atom. The number of hydrogen-bond acceptors (Lipinski definition) is 4. The quantitative estimate of drug-likeness (QED) is 0.591. The Kier molecular flexibility index (Phi) is 6.12. The summed E-state index contributed by atoms with van der Waals surface area (Å²) in [6.07, 6.45) is 6.09. The van der Waals surface area contributed by atoms with Crippen LogP contribution in [-0.2, 0) is 21.4 Å². The van der Waals surface area contributed by atoms with Gasteiger partial charge in [-0.05, 0) is 18.9 Å². The van der Waals surface area contributed by atoms with Crippen molar-refractivity contribution in [1.29, 1.82) is 0 Å². The van der Waals surface area contributed by atoms with E-state index in [9.17, 15) is 14.4 Å². The van der Waals surface area contributed by atoms with Gasteiger partial charge in [-0.1, -0.05) is 0 Å². The van der Waals surface area contributed by atoms with Crippen LogP contribution in [-0.4, -0.2) is 43.9 Å². The van der Waals surface area contributed by atoms with Crippen molar-refractivity contribution in [1.82, 2.24) is 15.1 Å².